The summed E-state index contributed by atoms with van der Waals surface area (Å²) >= 11 is 0. The fourth-order valence-electron chi connectivity index (χ4n) is 4.14. The van der Waals surface area contributed by atoms with Gasteiger partial charge in [0.15, 0.2) is 11.4 Å². The Kier molecular flexibility index (Phi) is 15.3. The number of carbonyl (C=O) groups excluding carboxylic acids is 1. The van der Waals surface area contributed by atoms with Crippen molar-refractivity contribution in [3.05, 3.63) is 18.2 Å². The summed E-state index contributed by atoms with van der Waals surface area (Å²) < 4.78 is 6.27. The summed E-state index contributed by atoms with van der Waals surface area (Å²) in [7, 11) is 0. The molecule has 2 unspecified atom stereocenters. The summed E-state index contributed by atoms with van der Waals surface area (Å²) in [6.45, 7) is 18.1. The molecule has 6 heteroatoms. The molecule has 0 saturated heterocycles. The molecule has 1 rings (SSSR count). The second-order valence-electron chi connectivity index (χ2n) is 10.2. The normalized spacial score (nSPS) is 12.9. The second kappa shape index (κ2) is 17.3. The Morgan fingerprint density at radius 2 is 1.63 bits per heavy atom. The zero-order valence-electron chi connectivity index (χ0n) is 23.7. The van der Waals surface area contributed by atoms with Gasteiger partial charge in [0, 0.05) is 30.9 Å². The summed E-state index contributed by atoms with van der Waals surface area (Å²) in [6.07, 6.45) is 8.91. The SMILES string of the molecule is CCCCC(CC)COc1cc(N(CC(=O)N(CCCC)CCCC)C(C)C(C)C)ccc1N=[NH2+]. The van der Waals surface area contributed by atoms with Gasteiger partial charge in [-0.05, 0) is 55.3 Å². The highest BCUT2D eigenvalue weighted by Crippen LogP contribution is 2.34. The van der Waals surface area contributed by atoms with Gasteiger partial charge in [-0.1, -0.05) is 73.6 Å². The summed E-state index contributed by atoms with van der Waals surface area (Å²) in [5, 5.41) is 3.95. The molecular formula is C29H53N4O2+. The van der Waals surface area contributed by atoms with E-state index in [0.29, 0.717) is 36.4 Å². The molecule has 0 bridgehead atoms. The molecule has 1 aromatic carbocycles. The number of hydrogen-bond donors (Lipinski definition) is 1. The average Bonchev–Trinajstić information content (AvgIpc) is 2.86. The van der Waals surface area contributed by atoms with Crippen molar-refractivity contribution in [2.45, 2.75) is 106 Å². The Hall–Kier alpha value is -2.11. The minimum absolute atomic E-state index is 0.194. The zero-order chi connectivity index (χ0) is 26.2. The van der Waals surface area contributed by atoms with Crippen LogP contribution in [0.3, 0.4) is 0 Å². The highest BCUT2D eigenvalue weighted by molar-refractivity contribution is 5.82. The molecule has 35 heavy (non-hydrogen) atoms. The van der Waals surface area contributed by atoms with Gasteiger partial charge in [-0.15, -0.1) is 0 Å². The topological polar surface area (TPSA) is 70.7 Å². The Morgan fingerprint density at radius 1 is 1.00 bits per heavy atom. The van der Waals surface area contributed by atoms with Gasteiger partial charge in [0.25, 0.3) is 0 Å². The highest BCUT2D eigenvalue weighted by atomic mass is 16.5. The van der Waals surface area contributed by atoms with Gasteiger partial charge in [0.05, 0.1) is 13.2 Å². The quantitative estimate of drug-likeness (QED) is 0.228. The van der Waals surface area contributed by atoms with E-state index in [2.05, 4.69) is 58.5 Å². The van der Waals surface area contributed by atoms with Crippen LogP contribution in [0.5, 0.6) is 5.75 Å². The van der Waals surface area contributed by atoms with Crippen LogP contribution in [0.4, 0.5) is 11.4 Å². The van der Waals surface area contributed by atoms with Crippen molar-refractivity contribution in [2.75, 3.05) is 31.1 Å². The average molecular weight is 490 g/mol. The van der Waals surface area contributed by atoms with Crippen molar-refractivity contribution >= 4 is 17.3 Å². The van der Waals surface area contributed by atoms with E-state index in [-0.39, 0.29) is 11.9 Å². The summed E-state index contributed by atoms with van der Waals surface area (Å²) in [6, 6.07) is 6.14. The first-order chi connectivity index (χ1) is 16.8. The molecule has 0 radical (unpaired) electrons. The van der Waals surface area contributed by atoms with Crippen LogP contribution >= 0.6 is 0 Å². The molecule has 0 spiro atoms. The highest BCUT2D eigenvalue weighted by Gasteiger charge is 2.24. The first-order valence-electron chi connectivity index (χ1n) is 14.0. The minimum atomic E-state index is 0.194. The van der Waals surface area contributed by atoms with E-state index in [1.807, 2.05) is 23.1 Å². The predicted octanol–water partition coefficient (Wildman–Crippen LogP) is 6.40. The third-order valence-electron chi connectivity index (χ3n) is 7.11. The van der Waals surface area contributed by atoms with E-state index in [0.717, 1.165) is 57.3 Å². The van der Waals surface area contributed by atoms with Crippen LogP contribution in [0.15, 0.2) is 23.3 Å². The maximum Gasteiger partial charge on any atom is 0.242 e. The van der Waals surface area contributed by atoms with E-state index in [4.69, 9.17) is 10.3 Å². The molecule has 0 aliphatic rings. The molecule has 2 atom stereocenters. The Labute approximate surface area is 215 Å². The number of anilines is 1. The van der Waals surface area contributed by atoms with Crippen molar-refractivity contribution in [3.8, 4) is 5.75 Å². The van der Waals surface area contributed by atoms with Crippen LogP contribution < -0.4 is 15.2 Å². The van der Waals surface area contributed by atoms with E-state index in [9.17, 15) is 4.79 Å². The van der Waals surface area contributed by atoms with E-state index >= 15 is 0 Å². The number of benzene rings is 1. The largest absolute Gasteiger partial charge is 0.491 e. The maximum atomic E-state index is 13.4. The molecule has 0 aliphatic carbocycles. The lowest BCUT2D eigenvalue weighted by Crippen LogP contribution is -2.46. The molecule has 0 aliphatic heterocycles. The molecule has 0 fully saturated rings. The van der Waals surface area contributed by atoms with Crippen molar-refractivity contribution in [2.24, 2.45) is 17.0 Å². The first kappa shape index (κ1) is 30.9. The number of carbonyl (C=O) groups is 1. The molecule has 6 nitrogen and oxygen atoms in total. The van der Waals surface area contributed by atoms with Crippen LogP contribution in [0.25, 0.3) is 0 Å². The summed E-state index contributed by atoms with van der Waals surface area (Å²) in [5.74, 6) is 1.80. The summed E-state index contributed by atoms with van der Waals surface area (Å²) in [4.78, 5) is 17.7. The Bertz CT molecular complexity index is 729. The van der Waals surface area contributed by atoms with Gasteiger partial charge < -0.3 is 14.5 Å². The predicted molar refractivity (Wildman–Crippen MR) is 147 cm³/mol. The molecule has 0 aromatic heterocycles. The van der Waals surface area contributed by atoms with E-state index in [1.165, 1.54) is 12.8 Å². The number of ether oxygens (including phenoxy) is 1. The third kappa shape index (κ3) is 10.6. The number of rotatable bonds is 19. The minimum Gasteiger partial charge on any atom is -0.491 e. The second-order valence-corrected chi connectivity index (χ2v) is 10.2. The van der Waals surface area contributed by atoms with Gasteiger partial charge >= 0.3 is 0 Å². The molecule has 0 saturated carbocycles. The monoisotopic (exact) mass is 489 g/mol. The van der Waals surface area contributed by atoms with E-state index < -0.39 is 0 Å². The number of hydrogen-bond acceptors (Lipinski definition) is 4. The van der Waals surface area contributed by atoms with Crippen molar-refractivity contribution in [1.82, 2.24) is 4.90 Å². The lowest BCUT2D eigenvalue weighted by atomic mass is 10.0. The molecule has 200 valence electrons. The molecule has 0 heterocycles. The molecule has 1 aromatic rings. The lowest BCUT2D eigenvalue weighted by Gasteiger charge is -2.35. The standard InChI is InChI=1S/C29H52N4O2/c1-8-12-15-25(11-4)22-35-28-20-26(16-17-27(28)31-30)33(24(7)23(5)6)21-29(34)32(18-13-9-2)19-14-10-3/h16-17,20,23-25,30H,8-15,18-19,21-22H2,1-7H3/p+1. The lowest BCUT2D eigenvalue weighted by molar-refractivity contribution is -0.210. The van der Waals surface area contributed by atoms with Gasteiger partial charge in [0.1, 0.15) is 0 Å². The van der Waals surface area contributed by atoms with Crippen molar-refractivity contribution in [1.29, 1.82) is 0 Å². The number of nitrogens with two attached hydrogens (primary N) is 1. The smallest absolute Gasteiger partial charge is 0.242 e. The first-order valence-corrected chi connectivity index (χ1v) is 14.0. The van der Waals surface area contributed by atoms with Crippen LogP contribution in [-0.2, 0) is 4.79 Å². The van der Waals surface area contributed by atoms with Crippen LogP contribution in [0, 0.1) is 11.8 Å². The van der Waals surface area contributed by atoms with Crippen molar-refractivity contribution < 1.29 is 15.1 Å². The number of unbranched alkanes of at least 4 members (excludes halogenated alkanes) is 3. The van der Waals surface area contributed by atoms with Crippen LogP contribution in [0.2, 0.25) is 0 Å². The Morgan fingerprint density at radius 3 is 2.14 bits per heavy atom. The fourth-order valence-corrected chi connectivity index (χ4v) is 4.14. The van der Waals surface area contributed by atoms with E-state index in [1.54, 1.807) is 0 Å². The van der Waals surface area contributed by atoms with Gasteiger partial charge in [-0.25, -0.2) is 0 Å². The Balaban J connectivity index is 3.18. The fraction of sp³-hybridized carbons (Fsp3) is 0.759. The van der Waals surface area contributed by atoms with Gasteiger partial charge in [0.2, 0.25) is 5.91 Å². The summed E-state index contributed by atoms with van der Waals surface area (Å²) in [5.41, 5.74) is 7.32. The van der Waals surface area contributed by atoms with Crippen LogP contribution in [0.1, 0.15) is 99.8 Å². The van der Waals surface area contributed by atoms with Crippen LogP contribution in [-0.4, -0.2) is 43.1 Å². The third-order valence-corrected chi connectivity index (χ3v) is 7.11. The molecule has 1 amide bonds. The van der Waals surface area contributed by atoms with Gasteiger partial charge in [-0.3, -0.25) is 4.79 Å². The number of amides is 1. The number of nitrogens with zero attached hydrogens (tertiary/aromatic N) is 3. The molecular weight excluding hydrogens is 436 g/mol. The maximum absolute atomic E-state index is 13.4. The van der Waals surface area contributed by atoms with Gasteiger partial charge in [-0.2, -0.15) is 5.53 Å². The van der Waals surface area contributed by atoms with Crippen molar-refractivity contribution in [3.63, 3.8) is 0 Å². The molecule has 2 N–H and O–H groups in total. The zero-order valence-corrected chi connectivity index (χ0v) is 23.7.